The molecule has 0 aromatic rings. The number of allylic oxidation sites excluding steroid dienone is 2. The largest absolute Gasteiger partial charge is 0.462 e. The number of hydrogen-bond acceptors (Lipinski definition) is 5. The molecule has 0 rings (SSSR count). The number of amides is 1. The summed E-state index contributed by atoms with van der Waals surface area (Å²) in [5.41, 5.74) is 0. The van der Waals surface area contributed by atoms with Gasteiger partial charge in [0.1, 0.15) is 6.10 Å². The van der Waals surface area contributed by atoms with Crippen molar-refractivity contribution in [1.82, 2.24) is 5.32 Å². The number of aliphatic hydroxyl groups is 2. The van der Waals surface area contributed by atoms with E-state index in [1.54, 1.807) is 0 Å². The van der Waals surface area contributed by atoms with Crippen LogP contribution >= 0.6 is 0 Å². The number of aliphatic hydroxyl groups excluding tert-OH is 2. The number of unbranched alkanes of at least 4 members (excludes halogenated alkanes) is 40. The highest BCUT2D eigenvalue weighted by molar-refractivity contribution is 5.77. The zero-order chi connectivity index (χ0) is 47.4. The molecule has 0 aliphatic heterocycles. The lowest BCUT2D eigenvalue weighted by Gasteiger charge is -2.24. The summed E-state index contributed by atoms with van der Waals surface area (Å²) in [6.07, 6.45) is 61.3. The summed E-state index contributed by atoms with van der Waals surface area (Å²) < 4.78 is 5.97. The van der Waals surface area contributed by atoms with Crippen molar-refractivity contribution in [2.24, 2.45) is 0 Å². The predicted octanol–water partition coefficient (Wildman–Crippen LogP) is 18.1. The molecule has 0 spiro atoms. The van der Waals surface area contributed by atoms with Crippen LogP contribution in [0.3, 0.4) is 0 Å². The van der Waals surface area contributed by atoms with Gasteiger partial charge in [0.2, 0.25) is 5.91 Å². The van der Waals surface area contributed by atoms with Crippen molar-refractivity contribution in [3.05, 3.63) is 12.2 Å². The molecule has 0 heterocycles. The van der Waals surface area contributed by atoms with Gasteiger partial charge in [0.05, 0.1) is 25.2 Å². The molecule has 3 N–H and O–H groups in total. The third kappa shape index (κ3) is 48.9. The van der Waals surface area contributed by atoms with E-state index in [0.717, 1.165) is 51.4 Å². The Balaban J connectivity index is 4.52. The van der Waals surface area contributed by atoms with Gasteiger partial charge in [-0.1, -0.05) is 277 Å². The minimum atomic E-state index is -0.784. The fourth-order valence-electron chi connectivity index (χ4n) is 9.37. The second kappa shape index (κ2) is 53.6. The molecule has 6 heteroatoms. The number of rotatable bonds is 54. The van der Waals surface area contributed by atoms with Crippen molar-refractivity contribution in [3.63, 3.8) is 0 Å². The van der Waals surface area contributed by atoms with Crippen LogP contribution in [-0.4, -0.2) is 46.9 Å². The highest BCUT2D eigenvalue weighted by Crippen LogP contribution is 2.19. The number of carbonyl (C=O) groups excluding carboxylic acids is 2. The molecule has 65 heavy (non-hydrogen) atoms. The fraction of sp³-hybridized carbons (Fsp3) is 0.932. The van der Waals surface area contributed by atoms with Gasteiger partial charge >= 0.3 is 5.97 Å². The highest BCUT2D eigenvalue weighted by atomic mass is 16.5. The van der Waals surface area contributed by atoms with Crippen molar-refractivity contribution in [1.29, 1.82) is 0 Å². The molecule has 386 valence electrons. The van der Waals surface area contributed by atoms with Crippen molar-refractivity contribution in [2.45, 2.75) is 347 Å². The van der Waals surface area contributed by atoms with Crippen LogP contribution in [0.5, 0.6) is 0 Å². The van der Waals surface area contributed by atoms with Crippen LogP contribution in [0.2, 0.25) is 0 Å². The topological polar surface area (TPSA) is 95.9 Å². The Kier molecular flexibility index (Phi) is 52.4. The molecule has 0 saturated carbocycles. The first-order chi connectivity index (χ1) is 32.0. The third-order valence-corrected chi connectivity index (χ3v) is 13.8. The molecule has 6 nitrogen and oxygen atoms in total. The Bertz CT molecular complexity index is 986. The van der Waals surface area contributed by atoms with E-state index in [1.165, 1.54) is 231 Å². The van der Waals surface area contributed by atoms with Crippen molar-refractivity contribution < 1.29 is 24.5 Å². The van der Waals surface area contributed by atoms with Gasteiger partial charge in [-0.15, -0.1) is 0 Å². The summed E-state index contributed by atoms with van der Waals surface area (Å²) in [7, 11) is 0. The first kappa shape index (κ1) is 63.6. The summed E-state index contributed by atoms with van der Waals surface area (Å²) in [6, 6.07) is -0.697. The van der Waals surface area contributed by atoms with E-state index in [9.17, 15) is 19.8 Å². The molecule has 0 aliphatic carbocycles. The summed E-state index contributed by atoms with van der Waals surface area (Å²) >= 11 is 0. The molecule has 3 unspecified atom stereocenters. The van der Waals surface area contributed by atoms with Crippen molar-refractivity contribution in [2.75, 3.05) is 6.61 Å². The lowest BCUT2D eigenvalue weighted by molar-refractivity contribution is -0.151. The number of ether oxygens (including phenoxy) is 1. The van der Waals surface area contributed by atoms with Crippen LogP contribution in [-0.2, 0) is 14.3 Å². The van der Waals surface area contributed by atoms with Gasteiger partial charge in [0, 0.05) is 6.42 Å². The van der Waals surface area contributed by atoms with Gasteiger partial charge in [-0.2, -0.15) is 0 Å². The maximum atomic E-state index is 13.3. The minimum Gasteiger partial charge on any atom is -0.462 e. The Morgan fingerprint density at radius 3 is 1.09 bits per heavy atom. The first-order valence-corrected chi connectivity index (χ1v) is 29.4. The standard InChI is InChI=1S/C59H115NO5/c1-4-7-10-13-16-19-22-25-27-29-30-33-35-38-41-44-47-50-55(65-59(64)52-49-46-43-40-37-34-31-28-26-23-20-17-14-11-8-5-2)53-58(63)60-56(54-61)57(62)51-48-45-42-39-36-32-24-21-18-15-12-9-6-3/h28,31,55-57,61-62H,4-27,29-30,32-54H2,1-3H3,(H,60,63)/b31-28+. The Labute approximate surface area is 406 Å². The van der Waals surface area contributed by atoms with E-state index in [1.807, 2.05) is 0 Å². The molecular formula is C59H115NO5. The first-order valence-electron chi connectivity index (χ1n) is 29.4. The van der Waals surface area contributed by atoms with E-state index in [4.69, 9.17) is 4.74 Å². The Morgan fingerprint density at radius 2 is 0.738 bits per heavy atom. The molecule has 0 aromatic heterocycles. The summed E-state index contributed by atoms with van der Waals surface area (Å²) in [5, 5.41) is 23.9. The summed E-state index contributed by atoms with van der Waals surface area (Å²) in [6.45, 7) is 6.53. The lowest BCUT2D eigenvalue weighted by Crippen LogP contribution is -2.46. The van der Waals surface area contributed by atoms with Crippen LogP contribution in [0.25, 0.3) is 0 Å². The van der Waals surface area contributed by atoms with E-state index in [2.05, 4.69) is 38.2 Å². The second-order valence-electron chi connectivity index (χ2n) is 20.4. The smallest absolute Gasteiger partial charge is 0.306 e. The fourth-order valence-corrected chi connectivity index (χ4v) is 9.37. The summed E-state index contributed by atoms with van der Waals surface area (Å²) in [4.78, 5) is 26.3. The second-order valence-corrected chi connectivity index (χ2v) is 20.4. The van der Waals surface area contributed by atoms with Gasteiger partial charge in [0.15, 0.2) is 0 Å². The molecule has 0 radical (unpaired) electrons. The lowest BCUT2D eigenvalue weighted by atomic mass is 10.0. The van der Waals surface area contributed by atoms with Crippen LogP contribution in [0.1, 0.15) is 329 Å². The molecule has 3 atom stereocenters. The number of esters is 1. The molecule has 1 amide bonds. The quantitative estimate of drug-likeness (QED) is 0.0321. The number of nitrogens with one attached hydrogen (secondary N) is 1. The molecule has 0 bridgehead atoms. The molecule has 0 fully saturated rings. The van der Waals surface area contributed by atoms with Gasteiger partial charge in [0.25, 0.3) is 0 Å². The van der Waals surface area contributed by atoms with Crippen LogP contribution in [0.4, 0.5) is 0 Å². The Hall–Kier alpha value is -1.40. The van der Waals surface area contributed by atoms with Gasteiger partial charge in [-0.05, 0) is 51.4 Å². The Morgan fingerprint density at radius 1 is 0.431 bits per heavy atom. The molecule has 0 aromatic carbocycles. The molecule has 0 saturated heterocycles. The monoisotopic (exact) mass is 918 g/mol. The SMILES string of the molecule is CCCCCCCCC/C=C/CCCCCCCC(=O)OC(CCCCCCCCCCCCCCCCCCC)CC(=O)NC(CO)C(O)CCCCCCCCCCCCCCC. The zero-order valence-electron chi connectivity index (χ0n) is 44.2. The third-order valence-electron chi connectivity index (χ3n) is 13.8. The average molecular weight is 919 g/mol. The van der Waals surface area contributed by atoms with Gasteiger partial charge in [-0.3, -0.25) is 9.59 Å². The van der Waals surface area contributed by atoms with Crippen LogP contribution < -0.4 is 5.32 Å². The van der Waals surface area contributed by atoms with E-state index in [0.29, 0.717) is 19.3 Å². The molecular weight excluding hydrogens is 803 g/mol. The minimum absolute atomic E-state index is 0.0824. The predicted molar refractivity (Wildman–Crippen MR) is 283 cm³/mol. The zero-order valence-corrected chi connectivity index (χ0v) is 44.2. The van der Waals surface area contributed by atoms with Gasteiger partial charge in [-0.25, -0.2) is 0 Å². The van der Waals surface area contributed by atoms with E-state index >= 15 is 0 Å². The van der Waals surface area contributed by atoms with Crippen LogP contribution in [0, 0.1) is 0 Å². The normalized spacial score (nSPS) is 13.1. The summed E-state index contributed by atoms with van der Waals surface area (Å²) in [5.74, 6) is -0.459. The van der Waals surface area contributed by atoms with Crippen LogP contribution in [0.15, 0.2) is 12.2 Å². The molecule has 0 aliphatic rings. The number of hydrogen-bond donors (Lipinski definition) is 3. The highest BCUT2D eigenvalue weighted by Gasteiger charge is 2.24. The van der Waals surface area contributed by atoms with E-state index in [-0.39, 0.29) is 24.9 Å². The maximum Gasteiger partial charge on any atom is 0.306 e. The van der Waals surface area contributed by atoms with Gasteiger partial charge < -0.3 is 20.3 Å². The van der Waals surface area contributed by atoms with E-state index < -0.39 is 18.2 Å². The number of carbonyl (C=O) groups is 2. The van der Waals surface area contributed by atoms with Crippen molar-refractivity contribution >= 4 is 11.9 Å². The van der Waals surface area contributed by atoms with Crippen molar-refractivity contribution in [3.8, 4) is 0 Å². The maximum absolute atomic E-state index is 13.3. The average Bonchev–Trinajstić information content (AvgIpc) is 3.30.